The van der Waals surface area contributed by atoms with Gasteiger partial charge in [-0.15, -0.1) is 0 Å². The van der Waals surface area contributed by atoms with E-state index in [-0.39, 0.29) is 6.61 Å². The summed E-state index contributed by atoms with van der Waals surface area (Å²) < 4.78 is 11.6. The summed E-state index contributed by atoms with van der Waals surface area (Å²) >= 11 is 9.40. The van der Waals surface area contributed by atoms with Gasteiger partial charge in [-0.3, -0.25) is 4.79 Å². The van der Waals surface area contributed by atoms with E-state index in [1.165, 1.54) is 7.11 Å². The molecule has 0 radical (unpaired) electrons. The summed E-state index contributed by atoms with van der Waals surface area (Å²) in [4.78, 5) is 11.2. The van der Waals surface area contributed by atoms with Crippen LogP contribution in [0.2, 0.25) is 5.02 Å². The molecule has 0 aromatic heterocycles. The summed E-state index contributed by atoms with van der Waals surface area (Å²) in [5, 5.41) is 0.620. The first-order chi connectivity index (χ1) is 9.67. The number of carbonyl (C=O) groups is 1. The third-order valence-corrected chi connectivity index (χ3v) is 3.83. The van der Waals surface area contributed by atoms with Gasteiger partial charge in [0.15, 0.2) is 17.8 Å². The Hall–Kier alpha value is -1.52. The van der Waals surface area contributed by atoms with E-state index in [4.69, 9.17) is 21.1 Å². The molecule has 0 aliphatic rings. The van der Waals surface area contributed by atoms with Gasteiger partial charge in [-0.25, -0.2) is 0 Å². The van der Waals surface area contributed by atoms with Gasteiger partial charge < -0.3 is 9.47 Å². The van der Waals surface area contributed by atoms with Crippen LogP contribution in [0.5, 0.6) is 11.5 Å². The normalized spacial score (nSPS) is 10.2. The topological polar surface area (TPSA) is 35.5 Å². The molecule has 0 atom stereocenters. The molecule has 0 N–H and O–H groups in total. The Kier molecular flexibility index (Phi) is 5.04. The number of hydrogen-bond acceptors (Lipinski definition) is 3. The Morgan fingerprint density at radius 1 is 1.25 bits per heavy atom. The molecular formula is C15H12BrClO3. The van der Waals surface area contributed by atoms with Crippen molar-refractivity contribution >= 4 is 33.8 Å². The molecule has 0 saturated carbocycles. The van der Waals surface area contributed by atoms with Gasteiger partial charge in [0.25, 0.3) is 0 Å². The minimum atomic E-state index is 0.257. The fraction of sp³-hybridized carbons (Fsp3) is 0.133. The summed E-state index contributed by atoms with van der Waals surface area (Å²) in [6.45, 7) is 0.257. The molecule has 0 aliphatic carbocycles. The van der Waals surface area contributed by atoms with Crippen LogP contribution in [0.1, 0.15) is 15.9 Å². The SMILES string of the molecule is COc1ccc(Br)c(C=O)c1OCc1ccccc1Cl. The lowest BCUT2D eigenvalue weighted by molar-refractivity contribution is 0.111. The average Bonchev–Trinajstić information content (AvgIpc) is 2.46. The number of aldehydes is 1. The van der Waals surface area contributed by atoms with E-state index in [2.05, 4.69) is 15.9 Å². The van der Waals surface area contributed by atoms with Crippen LogP contribution in [0, 0.1) is 0 Å². The van der Waals surface area contributed by atoms with Gasteiger partial charge in [-0.2, -0.15) is 0 Å². The molecule has 5 heteroatoms. The lowest BCUT2D eigenvalue weighted by atomic mass is 10.2. The van der Waals surface area contributed by atoms with Crippen molar-refractivity contribution in [1.82, 2.24) is 0 Å². The molecule has 20 heavy (non-hydrogen) atoms. The second-order valence-electron chi connectivity index (χ2n) is 3.99. The number of carbonyl (C=O) groups excluding carboxylic acids is 1. The van der Waals surface area contributed by atoms with E-state index in [9.17, 15) is 4.79 Å². The van der Waals surface area contributed by atoms with Crippen LogP contribution in [-0.2, 0) is 6.61 Å². The van der Waals surface area contributed by atoms with E-state index in [1.54, 1.807) is 18.2 Å². The Labute approximate surface area is 130 Å². The summed E-state index contributed by atoms with van der Waals surface area (Å²) in [6, 6.07) is 10.9. The molecule has 0 saturated heterocycles. The summed E-state index contributed by atoms with van der Waals surface area (Å²) in [6.07, 6.45) is 0.731. The predicted octanol–water partition coefficient (Wildman–Crippen LogP) is 4.50. The first-order valence-corrected chi connectivity index (χ1v) is 7.02. The van der Waals surface area contributed by atoms with Crippen molar-refractivity contribution in [3.8, 4) is 11.5 Å². The highest BCUT2D eigenvalue weighted by atomic mass is 79.9. The van der Waals surface area contributed by atoms with E-state index in [0.717, 1.165) is 11.8 Å². The Bertz CT molecular complexity index is 629. The maximum atomic E-state index is 11.2. The van der Waals surface area contributed by atoms with Crippen LogP contribution >= 0.6 is 27.5 Å². The number of halogens is 2. The van der Waals surface area contributed by atoms with Crippen molar-refractivity contribution in [3.63, 3.8) is 0 Å². The summed E-state index contributed by atoms with van der Waals surface area (Å²) in [7, 11) is 1.53. The molecular weight excluding hydrogens is 344 g/mol. The highest BCUT2D eigenvalue weighted by Crippen LogP contribution is 2.35. The van der Waals surface area contributed by atoms with E-state index < -0.39 is 0 Å². The average molecular weight is 356 g/mol. The van der Waals surface area contributed by atoms with Crippen molar-refractivity contribution < 1.29 is 14.3 Å². The number of hydrogen-bond donors (Lipinski definition) is 0. The lowest BCUT2D eigenvalue weighted by Gasteiger charge is -2.14. The fourth-order valence-electron chi connectivity index (χ4n) is 1.74. The lowest BCUT2D eigenvalue weighted by Crippen LogP contribution is -2.02. The molecule has 2 aromatic rings. The summed E-state index contributed by atoms with van der Waals surface area (Å²) in [5.41, 5.74) is 1.25. The Morgan fingerprint density at radius 2 is 2.00 bits per heavy atom. The Morgan fingerprint density at radius 3 is 2.65 bits per heavy atom. The minimum Gasteiger partial charge on any atom is -0.493 e. The monoisotopic (exact) mass is 354 g/mol. The van der Waals surface area contributed by atoms with Crippen molar-refractivity contribution in [2.75, 3.05) is 7.11 Å². The molecule has 0 fully saturated rings. The van der Waals surface area contributed by atoms with E-state index >= 15 is 0 Å². The number of ether oxygens (including phenoxy) is 2. The van der Waals surface area contributed by atoms with Gasteiger partial charge in [0.1, 0.15) is 6.61 Å². The molecule has 0 unspecified atom stereocenters. The zero-order valence-corrected chi connectivity index (χ0v) is 13.1. The minimum absolute atomic E-state index is 0.257. The number of benzene rings is 2. The standard InChI is InChI=1S/C15H12BrClO3/c1-19-14-7-6-12(16)11(8-18)15(14)20-9-10-4-2-3-5-13(10)17/h2-8H,9H2,1H3. The van der Waals surface area contributed by atoms with Crippen LogP contribution in [-0.4, -0.2) is 13.4 Å². The third kappa shape index (κ3) is 3.14. The van der Waals surface area contributed by atoms with Crippen molar-refractivity contribution in [3.05, 3.63) is 57.0 Å². The molecule has 3 nitrogen and oxygen atoms in total. The molecule has 2 aromatic carbocycles. The molecule has 0 spiro atoms. The molecule has 0 heterocycles. The van der Waals surface area contributed by atoms with Gasteiger partial charge in [0.05, 0.1) is 12.7 Å². The highest BCUT2D eigenvalue weighted by Gasteiger charge is 2.14. The third-order valence-electron chi connectivity index (χ3n) is 2.77. The first kappa shape index (κ1) is 14.9. The van der Waals surface area contributed by atoms with Crippen molar-refractivity contribution in [2.24, 2.45) is 0 Å². The number of methoxy groups -OCH3 is 1. The highest BCUT2D eigenvalue weighted by molar-refractivity contribution is 9.10. The van der Waals surface area contributed by atoms with Crippen LogP contribution in [0.3, 0.4) is 0 Å². The fourth-order valence-corrected chi connectivity index (χ4v) is 2.34. The molecule has 0 aliphatic heterocycles. The summed E-state index contributed by atoms with van der Waals surface area (Å²) in [5.74, 6) is 0.902. The van der Waals surface area contributed by atoms with Gasteiger partial charge in [0.2, 0.25) is 0 Å². The zero-order chi connectivity index (χ0) is 14.5. The maximum Gasteiger partial charge on any atom is 0.173 e. The van der Waals surface area contributed by atoms with Gasteiger partial charge in [-0.05, 0) is 34.1 Å². The van der Waals surface area contributed by atoms with Gasteiger partial charge >= 0.3 is 0 Å². The van der Waals surface area contributed by atoms with Crippen LogP contribution in [0.15, 0.2) is 40.9 Å². The Balaban J connectivity index is 2.31. The van der Waals surface area contributed by atoms with Crippen LogP contribution in [0.25, 0.3) is 0 Å². The van der Waals surface area contributed by atoms with Crippen LogP contribution < -0.4 is 9.47 Å². The number of rotatable bonds is 5. The molecule has 2 rings (SSSR count). The second-order valence-corrected chi connectivity index (χ2v) is 5.25. The quantitative estimate of drug-likeness (QED) is 0.741. The van der Waals surface area contributed by atoms with Crippen molar-refractivity contribution in [1.29, 1.82) is 0 Å². The predicted molar refractivity (Wildman–Crippen MR) is 81.9 cm³/mol. The molecule has 0 amide bonds. The van der Waals surface area contributed by atoms with E-state index in [0.29, 0.717) is 26.6 Å². The maximum absolute atomic E-state index is 11.2. The zero-order valence-electron chi connectivity index (χ0n) is 10.7. The second kappa shape index (κ2) is 6.77. The van der Waals surface area contributed by atoms with Gasteiger partial charge in [0, 0.05) is 15.1 Å². The van der Waals surface area contributed by atoms with Crippen LogP contribution in [0.4, 0.5) is 0 Å². The smallest absolute Gasteiger partial charge is 0.173 e. The van der Waals surface area contributed by atoms with Crippen molar-refractivity contribution in [2.45, 2.75) is 6.61 Å². The van der Waals surface area contributed by atoms with E-state index in [1.807, 2.05) is 18.2 Å². The van der Waals surface area contributed by atoms with Gasteiger partial charge in [-0.1, -0.05) is 29.8 Å². The molecule has 0 bridgehead atoms. The first-order valence-electron chi connectivity index (χ1n) is 5.85. The largest absolute Gasteiger partial charge is 0.493 e. The molecule has 104 valence electrons.